The highest BCUT2D eigenvalue weighted by Gasteiger charge is 2.13. The monoisotopic (exact) mass is 405 g/mol. The van der Waals surface area contributed by atoms with Gasteiger partial charge in [-0.2, -0.15) is 0 Å². The molecule has 164 valence electrons. The minimum atomic E-state index is 0.669. The first-order valence-electron chi connectivity index (χ1n) is 11.2. The van der Waals surface area contributed by atoms with Crippen LogP contribution in [0.5, 0.6) is 0 Å². The second-order valence-corrected chi connectivity index (χ2v) is 7.42. The van der Waals surface area contributed by atoms with E-state index in [2.05, 4.69) is 34.7 Å². The van der Waals surface area contributed by atoms with E-state index in [4.69, 9.17) is 14.2 Å². The van der Waals surface area contributed by atoms with Gasteiger partial charge in [0.1, 0.15) is 0 Å². The summed E-state index contributed by atoms with van der Waals surface area (Å²) in [7, 11) is 0. The summed E-state index contributed by atoms with van der Waals surface area (Å²) in [6.45, 7) is 9.52. The molecule has 1 fully saturated rings. The maximum atomic E-state index is 5.80. The number of nitrogens with zero attached hydrogens (tertiary/aromatic N) is 1. The van der Waals surface area contributed by atoms with E-state index in [0.717, 1.165) is 90.7 Å². The number of nitrogens with one attached hydrogen (secondary N) is 2. The Labute approximate surface area is 176 Å². The van der Waals surface area contributed by atoms with Crippen LogP contribution in [0.25, 0.3) is 0 Å². The molecule has 0 saturated carbocycles. The largest absolute Gasteiger partial charge is 0.381 e. The van der Waals surface area contributed by atoms with Crippen molar-refractivity contribution in [1.82, 2.24) is 10.6 Å². The third-order valence-electron chi connectivity index (χ3n) is 4.87. The van der Waals surface area contributed by atoms with Crippen LogP contribution in [-0.4, -0.2) is 58.6 Å². The van der Waals surface area contributed by atoms with Crippen LogP contribution >= 0.6 is 0 Å². The predicted molar refractivity (Wildman–Crippen MR) is 118 cm³/mol. The van der Waals surface area contributed by atoms with Gasteiger partial charge in [0, 0.05) is 52.7 Å². The fourth-order valence-corrected chi connectivity index (χ4v) is 3.16. The van der Waals surface area contributed by atoms with Gasteiger partial charge >= 0.3 is 0 Å². The molecule has 0 bridgehead atoms. The van der Waals surface area contributed by atoms with Crippen molar-refractivity contribution in [3.8, 4) is 0 Å². The number of hydrogen-bond donors (Lipinski definition) is 2. The smallest absolute Gasteiger partial charge is 0.191 e. The summed E-state index contributed by atoms with van der Waals surface area (Å²) in [5, 5.41) is 6.70. The topological polar surface area (TPSA) is 64.1 Å². The molecule has 1 aromatic carbocycles. The molecule has 0 radical (unpaired) electrons. The Morgan fingerprint density at radius 1 is 1.03 bits per heavy atom. The average molecular weight is 406 g/mol. The van der Waals surface area contributed by atoms with Gasteiger partial charge in [0.05, 0.1) is 6.61 Å². The van der Waals surface area contributed by atoms with Crippen molar-refractivity contribution in [3.63, 3.8) is 0 Å². The molecule has 6 nitrogen and oxygen atoms in total. The van der Waals surface area contributed by atoms with Gasteiger partial charge in [-0.3, -0.25) is 4.99 Å². The third kappa shape index (κ3) is 11.8. The molecule has 2 rings (SSSR count). The number of hydrogen-bond acceptors (Lipinski definition) is 4. The Kier molecular flexibility index (Phi) is 13.2. The van der Waals surface area contributed by atoms with Crippen LogP contribution in [0.15, 0.2) is 35.3 Å². The summed E-state index contributed by atoms with van der Waals surface area (Å²) in [4.78, 5) is 4.63. The van der Waals surface area contributed by atoms with E-state index in [0.29, 0.717) is 12.5 Å². The van der Waals surface area contributed by atoms with Crippen molar-refractivity contribution < 1.29 is 14.2 Å². The number of rotatable bonds is 14. The van der Waals surface area contributed by atoms with Gasteiger partial charge in [0.15, 0.2) is 5.96 Å². The van der Waals surface area contributed by atoms with Gasteiger partial charge in [-0.15, -0.1) is 0 Å². The van der Waals surface area contributed by atoms with E-state index in [1.165, 1.54) is 5.56 Å². The van der Waals surface area contributed by atoms with Gasteiger partial charge in [-0.25, -0.2) is 0 Å². The van der Waals surface area contributed by atoms with Gasteiger partial charge in [0.25, 0.3) is 0 Å². The summed E-state index contributed by atoms with van der Waals surface area (Å²) in [5.41, 5.74) is 1.23. The highest BCUT2D eigenvalue weighted by atomic mass is 16.5. The van der Waals surface area contributed by atoms with Crippen molar-refractivity contribution >= 4 is 5.96 Å². The fourth-order valence-electron chi connectivity index (χ4n) is 3.16. The summed E-state index contributed by atoms with van der Waals surface area (Å²) >= 11 is 0. The van der Waals surface area contributed by atoms with Crippen molar-refractivity contribution in [2.45, 2.75) is 45.6 Å². The van der Waals surface area contributed by atoms with Crippen molar-refractivity contribution in [2.24, 2.45) is 10.9 Å². The van der Waals surface area contributed by atoms with Crippen LogP contribution in [-0.2, 0) is 20.8 Å². The average Bonchev–Trinajstić information content (AvgIpc) is 2.76. The summed E-state index contributed by atoms with van der Waals surface area (Å²) in [5.74, 6) is 1.56. The van der Waals surface area contributed by atoms with Gasteiger partial charge in [-0.1, -0.05) is 30.3 Å². The second-order valence-electron chi connectivity index (χ2n) is 7.42. The molecular weight excluding hydrogens is 366 g/mol. The first kappa shape index (κ1) is 23.6. The lowest BCUT2D eigenvalue weighted by Gasteiger charge is -2.21. The molecule has 0 atom stereocenters. The summed E-state index contributed by atoms with van der Waals surface area (Å²) in [6, 6.07) is 10.3. The summed E-state index contributed by atoms with van der Waals surface area (Å²) < 4.78 is 16.9. The van der Waals surface area contributed by atoms with Gasteiger partial charge < -0.3 is 24.8 Å². The molecule has 29 heavy (non-hydrogen) atoms. The quantitative estimate of drug-likeness (QED) is 0.282. The lowest BCUT2D eigenvalue weighted by atomic mass is 10.0. The molecule has 1 heterocycles. The predicted octanol–water partition coefficient (Wildman–Crippen LogP) is 3.37. The minimum Gasteiger partial charge on any atom is -0.381 e. The normalized spacial score (nSPS) is 15.4. The maximum Gasteiger partial charge on any atom is 0.191 e. The number of guanidine groups is 1. The van der Waals surface area contributed by atoms with Gasteiger partial charge in [-0.05, 0) is 50.5 Å². The molecular formula is C23H39N3O3. The zero-order valence-electron chi connectivity index (χ0n) is 18.0. The minimum absolute atomic E-state index is 0.669. The van der Waals surface area contributed by atoms with E-state index in [9.17, 15) is 0 Å². The Morgan fingerprint density at radius 3 is 2.62 bits per heavy atom. The van der Waals surface area contributed by atoms with E-state index >= 15 is 0 Å². The fraction of sp³-hybridized carbons (Fsp3) is 0.696. The van der Waals surface area contributed by atoms with Crippen LogP contribution < -0.4 is 10.6 Å². The molecule has 1 aromatic rings. The maximum absolute atomic E-state index is 5.80. The lowest BCUT2D eigenvalue weighted by Crippen LogP contribution is -2.38. The van der Waals surface area contributed by atoms with Crippen LogP contribution in [0.1, 0.15) is 44.6 Å². The Morgan fingerprint density at radius 2 is 1.83 bits per heavy atom. The molecule has 0 spiro atoms. The molecule has 2 N–H and O–H groups in total. The van der Waals surface area contributed by atoms with E-state index in [1.807, 2.05) is 18.2 Å². The molecule has 0 aromatic heterocycles. The van der Waals surface area contributed by atoms with Crippen LogP contribution in [0, 0.1) is 5.92 Å². The zero-order chi connectivity index (χ0) is 20.4. The van der Waals surface area contributed by atoms with E-state index in [1.54, 1.807) is 0 Å². The standard InChI is InChI=1S/C23H39N3O3/c1-2-24-23(26-14-8-16-29-20-22-11-17-27-18-12-22)25-13-6-7-15-28-19-21-9-4-3-5-10-21/h3-5,9-10,22H,2,6-8,11-20H2,1H3,(H2,24,25,26). The zero-order valence-corrected chi connectivity index (χ0v) is 18.0. The van der Waals surface area contributed by atoms with Crippen molar-refractivity contribution in [2.75, 3.05) is 52.7 Å². The molecule has 1 saturated heterocycles. The Balaban J connectivity index is 1.46. The molecule has 1 aliphatic rings. The number of ether oxygens (including phenoxy) is 3. The molecule has 0 aliphatic carbocycles. The van der Waals surface area contributed by atoms with E-state index in [-0.39, 0.29) is 0 Å². The number of unbranched alkanes of at least 4 members (excludes halogenated alkanes) is 1. The Hall–Kier alpha value is -1.63. The second kappa shape index (κ2) is 16.2. The van der Waals surface area contributed by atoms with Gasteiger partial charge in [0.2, 0.25) is 0 Å². The first-order chi connectivity index (χ1) is 14.4. The van der Waals surface area contributed by atoms with Crippen molar-refractivity contribution in [3.05, 3.63) is 35.9 Å². The first-order valence-corrected chi connectivity index (χ1v) is 11.2. The highest BCUT2D eigenvalue weighted by Crippen LogP contribution is 2.14. The molecule has 0 unspecified atom stereocenters. The summed E-state index contributed by atoms with van der Waals surface area (Å²) in [6.07, 6.45) is 5.31. The highest BCUT2D eigenvalue weighted by molar-refractivity contribution is 5.79. The lowest BCUT2D eigenvalue weighted by molar-refractivity contribution is 0.0205. The van der Waals surface area contributed by atoms with Crippen molar-refractivity contribution in [1.29, 1.82) is 0 Å². The SMILES string of the molecule is CCNC(=NCCCOCC1CCOCC1)NCCCCOCc1ccccc1. The third-order valence-corrected chi connectivity index (χ3v) is 4.87. The molecule has 0 amide bonds. The Bertz CT molecular complexity index is 533. The number of aliphatic imine (C=N–C) groups is 1. The van der Waals surface area contributed by atoms with Crippen LogP contribution in [0.2, 0.25) is 0 Å². The van der Waals surface area contributed by atoms with Crippen LogP contribution in [0.3, 0.4) is 0 Å². The van der Waals surface area contributed by atoms with E-state index < -0.39 is 0 Å². The number of benzene rings is 1. The van der Waals surface area contributed by atoms with Crippen LogP contribution in [0.4, 0.5) is 0 Å². The molecule has 6 heteroatoms. The molecule has 1 aliphatic heterocycles.